The summed E-state index contributed by atoms with van der Waals surface area (Å²) in [6, 6.07) is 0.0911. The molecule has 5 heteroatoms. The molecule has 0 bridgehead atoms. The fourth-order valence-corrected chi connectivity index (χ4v) is 2.71. The third-order valence-electron chi connectivity index (χ3n) is 4.03. The van der Waals surface area contributed by atoms with E-state index in [0.29, 0.717) is 18.3 Å². The predicted molar refractivity (Wildman–Crippen MR) is 78.0 cm³/mol. The molecule has 108 valence electrons. The number of allylic oxidation sites excluding steroid dienone is 2. The normalized spacial score (nSPS) is 33.4. The minimum Gasteiger partial charge on any atom is -0.258 e. The van der Waals surface area contributed by atoms with Gasteiger partial charge in [0.1, 0.15) is 0 Å². The summed E-state index contributed by atoms with van der Waals surface area (Å²) >= 11 is 0. The van der Waals surface area contributed by atoms with Gasteiger partial charge in [-0.3, -0.25) is 10.1 Å². The number of nitro groups is 1. The van der Waals surface area contributed by atoms with Gasteiger partial charge in [0.05, 0.1) is 17.0 Å². The van der Waals surface area contributed by atoms with Gasteiger partial charge >= 0.3 is 0 Å². The van der Waals surface area contributed by atoms with Crippen LogP contribution < -0.4 is 0 Å². The monoisotopic (exact) mass is 275 g/mol. The highest BCUT2D eigenvalue weighted by atomic mass is 16.6. The van der Waals surface area contributed by atoms with Gasteiger partial charge < -0.3 is 0 Å². The van der Waals surface area contributed by atoms with Crippen LogP contribution in [-0.4, -0.2) is 17.0 Å². The van der Waals surface area contributed by atoms with Crippen LogP contribution in [0.3, 0.4) is 0 Å². The molecule has 0 aliphatic heterocycles. The Hall–Kier alpha value is -1.78. The van der Waals surface area contributed by atoms with Crippen molar-refractivity contribution in [3.8, 4) is 0 Å². The molecule has 0 N–H and O–H groups in total. The molecular formula is C15H21N3O2. The lowest BCUT2D eigenvalue weighted by Crippen LogP contribution is -2.20. The summed E-state index contributed by atoms with van der Waals surface area (Å²) in [7, 11) is 0. The molecule has 0 aromatic rings. The molecule has 0 amide bonds. The van der Waals surface area contributed by atoms with Gasteiger partial charge in [-0.25, -0.2) is 0 Å². The lowest BCUT2D eigenvalue weighted by Gasteiger charge is -2.26. The molecule has 0 radical (unpaired) electrons. The van der Waals surface area contributed by atoms with Crippen LogP contribution in [-0.2, 0) is 0 Å². The fourth-order valence-electron chi connectivity index (χ4n) is 2.71. The van der Waals surface area contributed by atoms with E-state index in [1.165, 1.54) is 12.5 Å². The Labute approximate surface area is 119 Å². The van der Waals surface area contributed by atoms with Crippen molar-refractivity contribution in [1.82, 2.24) is 0 Å². The lowest BCUT2D eigenvalue weighted by molar-refractivity contribution is -0.419. The summed E-state index contributed by atoms with van der Waals surface area (Å²) in [6.07, 6.45) is 12.0. The molecule has 2 rings (SSSR count). The first-order chi connectivity index (χ1) is 9.60. The van der Waals surface area contributed by atoms with E-state index in [2.05, 4.69) is 36.2 Å². The van der Waals surface area contributed by atoms with Crippen LogP contribution in [0.15, 0.2) is 46.3 Å². The quantitative estimate of drug-likeness (QED) is 0.338. The van der Waals surface area contributed by atoms with Gasteiger partial charge in [-0.2, -0.15) is 10.2 Å². The van der Waals surface area contributed by atoms with E-state index in [1.54, 1.807) is 12.2 Å². The Morgan fingerprint density at radius 3 is 2.60 bits per heavy atom. The number of hydrogen-bond acceptors (Lipinski definition) is 4. The first-order valence-electron chi connectivity index (χ1n) is 7.21. The van der Waals surface area contributed by atoms with Crippen LogP contribution in [0.1, 0.15) is 33.1 Å². The minimum atomic E-state index is -0.375. The van der Waals surface area contributed by atoms with Gasteiger partial charge in [-0.05, 0) is 30.8 Å². The standard InChI is InChI=1S/C15H21N3O2/c1-3-12-4-5-14(10-11(12)2)17-16-13-6-8-15(9-7-13)18(19)20/h4-6,8-9,11-14H,3,7,10H2,1-2H3. The maximum Gasteiger partial charge on any atom is 0.265 e. The molecular weight excluding hydrogens is 254 g/mol. The van der Waals surface area contributed by atoms with Gasteiger partial charge in [-0.1, -0.05) is 32.1 Å². The van der Waals surface area contributed by atoms with Crippen molar-refractivity contribution in [3.05, 3.63) is 46.2 Å². The van der Waals surface area contributed by atoms with Crippen molar-refractivity contribution in [2.24, 2.45) is 22.1 Å². The first-order valence-corrected chi connectivity index (χ1v) is 7.21. The molecule has 4 atom stereocenters. The van der Waals surface area contributed by atoms with E-state index in [0.717, 1.165) is 6.42 Å². The topological polar surface area (TPSA) is 67.9 Å². The molecule has 0 heterocycles. The van der Waals surface area contributed by atoms with Crippen LogP contribution in [0.2, 0.25) is 0 Å². The van der Waals surface area contributed by atoms with Crippen molar-refractivity contribution in [1.29, 1.82) is 0 Å². The Morgan fingerprint density at radius 2 is 2.05 bits per heavy atom. The zero-order valence-electron chi connectivity index (χ0n) is 12.0. The average Bonchev–Trinajstić information content (AvgIpc) is 2.45. The molecule has 5 nitrogen and oxygen atoms in total. The molecule has 0 saturated heterocycles. The lowest BCUT2D eigenvalue weighted by atomic mass is 9.82. The Balaban J connectivity index is 1.89. The van der Waals surface area contributed by atoms with Crippen molar-refractivity contribution in [2.45, 2.75) is 45.2 Å². The van der Waals surface area contributed by atoms with Crippen molar-refractivity contribution in [3.63, 3.8) is 0 Å². The molecule has 0 saturated carbocycles. The highest BCUT2D eigenvalue weighted by Crippen LogP contribution is 2.28. The van der Waals surface area contributed by atoms with Crippen molar-refractivity contribution < 1.29 is 4.92 Å². The Morgan fingerprint density at radius 1 is 1.30 bits per heavy atom. The summed E-state index contributed by atoms with van der Waals surface area (Å²) in [5.74, 6) is 1.29. The van der Waals surface area contributed by atoms with Gasteiger partial charge in [0, 0.05) is 12.5 Å². The van der Waals surface area contributed by atoms with Crippen LogP contribution in [0.4, 0.5) is 0 Å². The fraction of sp³-hybridized carbons (Fsp3) is 0.600. The number of hydrogen-bond donors (Lipinski definition) is 0. The van der Waals surface area contributed by atoms with E-state index in [-0.39, 0.29) is 22.7 Å². The molecule has 4 unspecified atom stereocenters. The van der Waals surface area contributed by atoms with E-state index in [1.807, 2.05) is 0 Å². The van der Waals surface area contributed by atoms with Crippen LogP contribution in [0, 0.1) is 22.0 Å². The third-order valence-corrected chi connectivity index (χ3v) is 4.03. The average molecular weight is 275 g/mol. The summed E-state index contributed by atoms with van der Waals surface area (Å²) in [4.78, 5) is 10.2. The van der Waals surface area contributed by atoms with E-state index >= 15 is 0 Å². The molecule has 0 fully saturated rings. The molecule has 0 spiro atoms. The molecule has 20 heavy (non-hydrogen) atoms. The predicted octanol–water partition coefficient (Wildman–Crippen LogP) is 3.92. The SMILES string of the molecule is CCC1C=CC(N=NC2C=CC([N+](=O)[O-])=CC2)CC1C. The van der Waals surface area contributed by atoms with Gasteiger partial charge in [0.25, 0.3) is 5.70 Å². The third kappa shape index (κ3) is 3.62. The zero-order valence-corrected chi connectivity index (χ0v) is 12.0. The second kappa shape index (κ2) is 6.59. The summed E-state index contributed by atoms with van der Waals surface area (Å²) in [6.45, 7) is 4.46. The zero-order chi connectivity index (χ0) is 14.5. The number of nitrogens with zero attached hydrogens (tertiary/aromatic N) is 3. The van der Waals surface area contributed by atoms with Crippen LogP contribution in [0.5, 0.6) is 0 Å². The van der Waals surface area contributed by atoms with Crippen molar-refractivity contribution in [2.75, 3.05) is 0 Å². The number of azo groups is 1. The highest BCUT2D eigenvalue weighted by Gasteiger charge is 2.22. The Bertz CT molecular complexity index is 480. The van der Waals surface area contributed by atoms with Gasteiger partial charge in [0.15, 0.2) is 0 Å². The van der Waals surface area contributed by atoms with E-state index in [4.69, 9.17) is 0 Å². The van der Waals surface area contributed by atoms with Crippen LogP contribution in [0.25, 0.3) is 0 Å². The van der Waals surface area contributed by atoms with Gasteiger partial charge in [-0.15, -0.1) is 0 Å². The largest absolute Gasteiger partial charge is 0.265 e. The maximum atomic E-state index is 10.6. The van der Waals surface area contributed by atoms with Gasteiger partial charge in [0.2, 0.25) is 0 Å². The first kappa shape index (κ1) is 14.6. The van der Waals surface area contributed by atoms with Crippen LogP contribution >= 0.6 is 0 Å². The molecule has 0 aromatic heterocycles. The molecule has 2 aliphatic rings. The second-order valence-corrected chi connectivity index (χ2v) is 5.52. The molecule has 0 aromatic carbocycles. The van der Waals surface area contributed by atoms with E-state index in [9.17, 15) is 10.1 Å². The number of rotatable bonds is 4. The van der Waals surface area contributed by atoms with E-state index < -0.39 is 0 Å². The maximum absolute atomic E-state index is 10.6. The summed E-state index contributed by atoms with van der Waals surface area (Å²) in [5.41, 5.74) is 0.147. The highest BCUT2D eigenvalue weighted by molar-refractivity contribution is 5.19. The smallest absolute Gasteiger partial charge is 0.258 e. The minimum absolute atomic E-state index is 0.0636. The van der Waals surface area contributed by atoms with Crippen molar-refractivity contribution >= 4 is 0 Å². The summed E-state index contributed by atoms with van der Waals surface area (Å²) in [5, 5.41) is 19.3. The molecule has 2 aliphatic carbocycles. The Kier molecular flexibility index (Phi) is 4.82. The summed E-state index contributed by atoms with van der Waals surface area (Å²) < 4.78 is 0. The second-order valence-electron chi connectivity index (χ2n) is 5.52.